The fourth-order valence-corrected chi connectivity index (χ4v) is 21.8. The number of carbonyl (C=O) groups is 2. The van der Waals surface area contributed by atoms with Gasteiger partial charge in [-0.25, -0.2) is 19.1 Å². The van der Waals surface area contributed by atoms with Gasteiger partial charge >= 0.3 is 27.0 Å². The lowest BCUT2D eigenvalue weighted by Gasteiger charge is -2.36. The number of aromatic amines is 1. The van der Waals surface area contributed by atoms with E-state index in [1.165, 1.54) is 53.4 Å². The molecule has 2 aliphatic rings. The van der Waals surface area contributed by atoms with E-state index in [0.29, 0.717) is 81.2 Å². The van der Waals surface area contributed by atoms with Crippen LogP contribution in [0.25, 0.3) is 42.5 Å². The normalized spacial score (nSPS) is 14.5. The number of hydrogen-bond acceptors (Lipinski definition) is 20. The Hall–Kier alpha value is -13.8. The van der Waals surface area contributed by atoms with Crippen molar-refractivity contribution in [2.24, 2.45) is 0 Å². The lowest BCUT2D eigenvalue weighted by Crippen LogP contribution is -2.43. The largest absolute Gasteiger partial charge is 0.443 e. The van der Waals surface area contributed by atoms with E-state index in [2.05, 4.69) is 15.6 Å². The number of nitro benzene ring substituents is 5. The number of nitrogens with one attached hydrogen (secondary N) is 3. The zero-order valence-electron chi connectivity index (χ0n) is 61.4. The Morgan fingerprint density at radius 3 is 1.46 bits per heavy atom. The van der Waals surface area contributed by atoms with Gasteiger partial charge in [-0.2, -0.15) is 0 Å². The van der Waals surface area contributed by atoms with Crippen LogP contribution in [0.5, 0.6) is 0 Å². The van der Waals surface area contributed by atoms with Gasteiger partial charge in [0.15, 0.2) is 25.3 Å². The number of nitro groups is 5. The van der Waals surface area contributed by atoms with Gasteiger partial charge in [-0.05, 0) is 133 Å². The third kappa shape index (κ3) is 16.2. The molecular weight excluding hydrogens is 1540 g/mol. The molecule has 28 nitrogen and oxygen atoms in total. The quantitative estimate of drug-likeness (QED) is 0.0523. The molecule has 0 saturated carbocycles. The number of benzene rings is 12. The first-order chi connectivity index (χ1) is 54.4. The Morgan fingerprint density at radius 2 is 0.842 bits per heavy atom. The number of ether oxygens (including phenoxy) is 2. The van der Waals surface area contributed by atoms with Crippen molar-refractivity contribution in [3.63, 3.8) is 0 Å². The maximum absolute atomic E-state index is 14.7. The lowest BCUT2D eigenvalue weighted by molar-refractivity contribution is -0.384. The zero-order valence-corrected chi connectivity index (χ0v) is 65.0. The third-order valence-corrected chi connectivity index (χ3v) is 27.1. The number of nitrogens with zero attached hydrogens (tertiary/aromatic N) is 7. The summed E-state index contributed by atoms with van der Waals surface area (Å²) >= 11 is 0. The number of non-ortho nitro benzene ring substituents is 2. The van der Waals surface area contributed by atoms with Crippen LogP contribution in [-0.2, 0) is 27.7 Å². The predicted octanol–water partition coefficient (Wildman–Crippen LogP) is 20.5. The summed E-state index contributed by atoms with van der Waals surface area (Å²) in [6.07, 6.45) is -1.52. The number of H-pyrrole nitrogens is 1. The van der Waals surface area contributed by atoms with Crippen LogP contribution in [-0.4, -0.2) is 57.6 Å². The van der Waals surface area contributed by atoms with Crippen molar-refractivity contribution in [3.05, 3.63) is 336 Å². The highest BCUT2D eigenvalue weighted by atomic mass is 31.2. The highest BCUT2D eigenvalue weighted by molar-refractivity contribution is 7.86. The van der Waals surface area contributed by atoms with Crippen molar-refractivity contribution in [2.45, 2.75) is 52.7 Å². The summed E-state index contributed by atoms with van der Waals surface area (Å²) in [6, 6.07) is 79.7. The van der Waals surface area contributed by atoms with Crippen LogP contribution >= 0.6 is 29.1 Å². The first kappa shape index (κ1) is 79.8. The number of anilines is 6. The molecule has 0 aliphatic carbocycles. The molecule has 4 unspecified atom stereocenters. The Kier molecular flexibility index (Phi) is 23.1. The van der Waals surface area contributed by atoms with Crippen LogP contribution in [0.15, 0.2) is 285 Å². The van der Waals surface area contributed by atoms with Crippen LogP contribution in [0.1, 0.15) is 41.5 Å². The minimum atomic E-state index is -3.49. The van der Waals surface area contributed by atoms with E-state index < -0.39 is 77.1 Å². The van der Waals surface area contributed by atoms with Crippen molar-refractivity contribution in [2.75, 3.05) is 15.5 Å². The first-order valence-corrected chi connectivity index (χ1v) is 40.8. The minimum absolute atomic E-state index is 0.00145. The molecule has 572 valence electrons. The summed E-state index contributed by atoms with van der Waals surface area (Å²) in [6.45, 7) is 10.3. The van der Waals surface area contributed by atoms with Crippen LogP contribution in [0.2, 0.25) is 0 Å². The molecule has 0 spiro atoms. The monoisotopic (exact) mass is 1600 g/mol. The van der Waals surface area contributed by atoms with Gasteiger partial charge in [0.2, 0.25) is 20.5 Å². The maximum Gasteiger partial charge on any atom is 0.420 e. The molecule has 114 heavy (non-hydrogen) atoms. The number of amides is 1. The third-order valence-electron chi connectivity index (χ3n) is 17.6. The number of rotatable bonds is 9. The van der Waals surface area contributed by atoms with Crippen molar-refractivity contribution < 1.29 is 61.9 Å². The van der Waals surface area contributed by atoms with Gasteiger partial charge in [-0.3, -0.25) is 50.6 Å². The number of carbonyl (C=O) groups excluding carboxylic acids is 2. The van der Waals surface area contributed by atoms with E-state index >= 15 is 0 Å². The van der Waals surface area contributed by atoms with Crippen LogP contribution in [0.4, 0.5) is 72.2 Å². The van der Waals surface area contributed by atoms with Gasteiger partial charge in [0.1, 0.15) is 33.8 Å². The average molecular weight is 1610 g/mol. The predicted molar refractivity (Wildman–Crippen MR) is 445 cm³/mol. The number of fused-ring (bicyclic) bond motifs is 8. The van der Waals surface area contributed by atoms with Gasteiger partial charge in [0.05, 0.1) is 52.1 Å². The molecule has 0 radical (unpaired) electrons. The highest BCUT2D eigenvalue weighted by Crippen LogP contribution is 2.55. The molecule has 2 aliphatic heterocycles. The molecular formula is C82H68N10O18P4+2. The molecule has 1 amide bonds. The van der Waals surface area contributed by atoms with E-state index in [1.807, 2.05) is 84.9 Å². The topological polar surface area (TPSA) is 385 Å². The first-order valence-electron chi connectivity index (χ1n) is 34.8. The molecule has 0 saturated heterocycles. The van der Waals surface area contributed by atoms with Crippen LogP contribution in [0, 0.1) is 50.6 Å². The van der Waals surface area contributed by atoms with Gasteiger partial charge in [-0.1, -0.05) is 173 Å². The van der Waals surface area contributed by atoms with E-state index in [9.17, 15) is 78.4 Å². The molecule has 4 atom stereocenters. The van der Waals surface area contributed by atoms with Crippen molar-refractivity contribution >= 4 is 178 Å². The summed E-state index contributed by atoms with van der Waals surface area (Å²) in [5.74, 6) is 0. The van der Waals surface area contributed by atoms with Crippen molar-refractivity contribution in [1.29, 1.82) is 0 Å². The molecule has 14 aromatic rings. The van der Waals surface area contributed by atoms with Gasteiger partial charge in [0, 0.05) is 57.2 Å². The standard InChI is InChI=1S/C23H21N2O5P.C18H13N2O3P.C17H16N2O5P.C12H8N2O3P.C12H10N2O2/c1-23(2,3)30-22(26)24-17-12-7-8-14-19(17)31(29,16-10-5-4-6-11-16)20-15-9-13-18(21(20)24)25(27)28;21-20(22)15-10-6-12-17-18(15)19-14-9-4-5-11-16(14)24(17,23)13-7-2-1-3-8-13;1-17(2,3)24-16(20)18-11-7-4-5-9-13(11)25(23)14-10-6-8-12(15(14)18)19(21)22;15-14(16)9-5-3-7-11-12(9)13-8-4-1-2-6-10(8)18(11)17;15-14(16)12-9-5-4-8-11(12)13-10-6-2-1-3-7-10/h4-15H,1-3H3;1-12,19H;4-10H,1-3H3;1-7H,(H,13,17);1-9,13H/q;;2*+1;. The zero-order chi connectivity index (χ0) is 81.6. The SMILES string of the molecule is CC(C)(C)OC(=O)N1c2ccccc2P(=O)(c2ccccc2)c2cccc([N+](=O)[O-])c21.CC(C)(C)OC(=O)n1c2ccccc2[p+](=O)c2cccc([N+](=O)[O-])c21.O=[N+]([O-])c1cccc2c1Nc1ccccc1P2(=O)c1ccccc1.O=[N+]([O-])c1cccc2c1[nH]c1ccccc1[p+]2=O.O=[N+]([O-])c1ccccc1Nc1ccccc1. The molecule has 0 bridgehead atoms. The second-order valence-corrected chi connectivity index (χ2v) is 35.8. The van der Waals surface area contributed by atoms with E-state index in [1.54, 1.807) is 193 Å². The Morgan fingerprint density at radius 1 is 0.412 bits per heavy atom. The molecule has 4 heterocycles. The molecule has 32 heteroatoms. The summed E-state index contributed by atoms with van der Waals surface area (Å²) in [4.78, 5) is 84.3. The molecule has 3 N–H and O–H groups in total. The fourth-order valence-electron chi connectivity index (χ4n) is 12.9. The van der Waals surface area contributed by atoms with Gasteiger partial charge in [-0.15, -0.1) is 0 Å². The highest BCUT2D eigenvalue weighted by Gasteiger charge is 2.47. The average Bonchev–Trinajstić information content (AvgIpc) is 0.714. The smallest absolute Gasteiger partial charge is 0.420 e. The van der Waals surface area contributed by atoms with Crippen LogP contribution in [0.3, 0.4) is 0 Å². The fraction of sp³-hybridized carbons (Fsp3) is 0.0976. The summed E-state index contributed by atoms with van der Waals surface area (Å²) in [7, 11) is -10.5. The Balaban J connectivity index is 0.000000134. The second kappa shape index (κ2) is 33.0. The van der Waals surface area contributed by atoms with E-state index in [-0.39, 0.29) is 50.1 Å². The molecule has 0 fully saturated rings. The van der Waals surface area contributed by atoms with Crippen molar-refractivity contribution in [3.8, 4) is 0 Å². The number of aromatic nitrogens is 2. The number of hydrogen-bond donors (Lipinski definition) is 3. The van der Waals surface area contributed by atoms with E-state index in [4.69, 9.17) is 9.47 Å². The summed E-state index contributed by atoms with van der Waals surface area (Å²) in [5, 5.41) is 67.5. The summed E-state index contributed by atoms with van der Waals surface area (Å²) in [5.41, 5.74) is 1.66. The Labute approximate surface area is 650 Å². The van der Waals surface area contributed by atoms with Crippen molar-refractivity contribution in [1.82, 2.24) is 9.55 Å². The minimum Gasteiger partial charge on any atom is -0.443 e. The van der Waals surface area contributed by atoms with Gasteiger partial charge < -0.3 is 34.2 Å². The van der Waals surface area contributed by atoms with E-state index in [0.717, 1.165) is 10.3 Å². The molecule has 16 rings (SSSR count). The molecule has 2 aromatic heterocycles. The second-order valence-electron chi connectivity index (χ2n) is 27.3. The van der Waals surface area contributed by atoms with Gasteiger partial charge in [0.25, 0.3) is 28.4 Å². The number of para-hydroxylation sites is 11. The van der Waals surface area contributed by atoms with Crippen LogP contribution < -0.4 is 47.4 Å². The maximum atomic E-state index is 14.7. The lowest BCUT2D eigenvalue weighted by atomic mass is 10.2. The summed E-state index contributed by atoms with van der Waals surface area (Å²) < 4.78 is 66.3. The molecule has 12 aromatic carbocycles. The Bertz CT molecular complexity index is 6420.